The number of hydrogen-bond donors (Lipinski definition) is 1. The molecule has 4 heteroatoms. The maximum atomic E-state index is 5.94. The van der Waals surface area contributed by atoms with E-state index >= 15 is 0 Å². The van der Waals surface area contributed by atoms with Gasteiger partial charge in [-0.15, -0.1) is 0 Å². The van der Waals surface area contributed by atoms with Gasteiger partial charge in [-0.1, -0.05) is 18.2 Å². The molecule has 0 spiro atoms. The van der Waals surface area contributed by atoms with Crippen molar-refractivity contribution in [2.24, 2.45) is 5.92 Å². The number of anilines is 1. The van der Waals surface area contributed by atoms with E-state index in [1.54, 1.807) is 0 Å². The lowest BCUT2D eigenvalue weighted by Crippen LogP contribution is -2.04. The molecule has 1 aromatic carbocycles. The predicted molar refractivity (Wildman–Crippen MR) is 70.8 cm³/mol. The average molecular weight is 243 g/mol. The fourth-order valence-corrected chi connectivity index (χ4v) is 1.93. The Kier molecular flexibility index (Phi) is 3.02. The number of nitrogen functional groups attached to an aromatic ring is 1. The molecule has 2 aromatic rings. The molecule has 1 aliphatic carbocycles. The number of ether oxygens (including phenoxy) is 1. The number of nitrogens with two attached hydrogens (primary N) is 1. The van der Waals surface area contributed by atoms with Gasteiger partial charge in [-0.25, -0.2) is 4.68 Å². The van der Waals surface area contributed by atoms with Gasteiger partial charge in [-0.05, 0) is 24.8 Å². The number of hydrogen-bond acceptors (Lipinski definition) is 3. The van der Waals surface area contributed by atoms with Gasteiger partial charge in [0.15, 0.2) is 0 Å². The van der Waals surface area contributed by atoms with Crippen molar-refractivity contribution in [2.45, 2.75) is 19.6 Å². The highest BCUT2D eigenvalue weighted by molar-refractivity contribution is 5.75. The minimum Gasteiger partial charge on any atom is -0.398 e. The summed E-state index contributed by atoms with van der Waals surface area (Å²) in [5.41, 5.74) is 8.77. The molecule has 1 aromatic heterocycles. The molecule has 3 rings (SSSR count). The van der Waals surface area contributed by atoms with Crippen LogP contribution in [-0.4, -0.2) is 16.4 Å². The Balaban J connectivity index is 1.66. The Morgan fingerprint density at radius 3 is 2.94 bits per heavy atom. The lowest BCUT2D eigenvalue weighted by molar-refractivity contribution is 0.0612. The Bertz CT molecular complexity index is 531. The second-order valence-electron chi connectivity index (χ2n) is 4.80. The van der Waals surface area contributed by atoms with Crippen LogP contribution in [0.2, 0.25) is 0 Å². The van der Waals surface area contributed by atoms with E-state index in [9.17, 15) is 0 Å². The van der Waals surface area contributed by atoms with E-state index in [2.05, 4.69) is 5.10 Å². The molecule has 0 radical (unpaired) electrons. The van der Waals surface area contributed by atoms with Gasteiger partial charge in [0.1, 0.15) is 6.73 Å². The quantitative estimate of drug-likeness (QED) is 0.821. The summed E-state index contributed by atoms with van der Waals surface area (Å²) in [7, 11) is 0. The molecule has 1 saturated carbocycles. The largest absolute Gasteiger partial charge is 0.398 e. The number of para-hydroxylation sites is 1. The van der Waals surface area contributed by atoms with Gasteiger partial charge >= 0.3 is 0 Å². The van der Waals surface area contributed by atoms with Crippen molar-refractivity contribution >= 4 is 5.69 Å². The smallest absolute Gasteiger partial charge is 0.139 e. The molecule has 0 aliphatic heterocycles. The van der Waals surface area contributed by atoms with E-state index in [1.807, 2.05) is 41.3 Å². The van der Waals surface area contributed by atoms with Crippen molar-refractivity contribution in [1.29, 1.82) is 0 Å². The van der Waals surface area contributed by atoms with Gasteiger partial charge in [0.25, 0.3) is 0 Å². The van der Waals surface area contributed by atoms with Gasteiger partial charge in [-0.3, -0.25) is 0 Å². The van der Waals surface area contributed by atoms with Crippen LogP contribution in [0.3, 0.4) is 0 Å². The Hall–Kier alpha value is -1.81. The van der Waals surface area contributed by atoms with Crippen molar-refractivity contribution in [2.75, 3.05) is 12.3 Å². The van der Waals surface area contributed by atoms with E-state index in [4.69, 9.17) is 10.5 Å². The predicted octanol–water partition coefficient (Wildman–Crippen LogP) is 2.52. The van der Waals surface area contributed by atoms with Crippen LogP contribution in [0.4, 0.5) is 5.69 Å². The maximum Gasteiger partial charge on any atom is 0.139 e. The summed E-state index contributed by atoms with van der Waals surface area (Å²) in [4.78, 5) is 0. The van der Waals surface area contributed by atoms with Gasteiger partial charge in [0.05, 0.1) is 12.8 Å². The monoisotopic (exact) mass is 243 g/mol. The van der Waals surface area contributed by atoms with E-state index in [0.29, 0.717) is 6.73 Å². The van der Waals surface area contributed by atoms with Crippen molar-refractivity contribution in [3.63, 3.8) is 0 Å². The zero-order chi connectivity index (χ0) is 12.4. The molecule has 0 saturated heterocycles. The molecule has 0 unspecified atom stereocenters. The van der Waals surface area contributed by atoms with Crippen LogP contribution in [0, 0.1) is 5.92 Å². The van der Waals surface area contributed by atoms with Gasteiger partial charge in [0.2, 0.25) is 0 Å². The topological polar surface area (TPSA) is 53.1 Å². The summed E-state index contributed by atoms with van der Waals surface area (Å²) >= 11 is 0. The fourth-order valence-electron chi connectivity index (χ4n) is 1.93. The zero-order valence-corrected chi connectivity index (χ0v) is 10.2. The Morgan fingerprint density at radius 2 is 2.17 bits per heavy atom. The van der Waals surface area contributed by atoms with Crippen molar-refractivity contribution < 1.29 is 4.74 Å². The normalized spacial score (nSPS) is 14.9. The van der Waals surface area contributed by atoms with Crippen LogP contribution < -0.4 is 5.73 Å². The number of aromatic nitrogens is 2. The first-order valence-electron chi connectivity index (χ1n) is 6.28. The number of benzene rings is 1. The summed E-state index contributed by atoms with van der Waals surface area (Å²) < 4.78 is 7.40. The third kappa shape index (κ3) is 2.54. The third-order valence-electron chi connectivity index (χ3n) is 3.18. The van der Waals surface area contributed by atoms with E-state index in [0.717, 1.165) is 29.3 Å². The first-order chi connectivity index (χ1) is 8.83. The van der Waals surface area contributed by atoms with E-state index in [1.165, 1.54) is 12.8 Å². The Labute approximate surface area is 106 Å². The molecule has 94 valence electrons. The summed E-state index contributed by atoms with van der Waals surface area (Å²) in [5.74, 6) is 0.782. The number of nitrogens with zero attached hydrogens (tertiary/aromatic N) is 2. The van der Waals surface area contributed by atoms with Crippen LogP contribution in [0.1, 0.15) is 12.8 Å². The van der Waals surface area contributed by atoms with Crippen LogP contribution in [-0.2, 0) is 11.5 Å². The summed E-state index contributed by atoms with van der Waals surface area (Å²) in [6, 6.07) is 7.81. The molecular weight excluding hydrogens is 226 g/mol. The zero-order valence-electron chi connectivity index (χ0n) is 10.2. The van der Waals surface area contributed by atoms with Crippen LogP contribution >= 0.6 is 0 Å². The van der Waals surface area contributed by atoms with Crippen LogP contribution in [0.25, 0.3) is 11.1 Å². The molecule has 1 fully saturated rings. The van der Waals surface area contributed by atoms with Gasteiger partial charge < -0.3 is 10.5 Å². The highest BCUT2D eigenvalue weighted by Crippen LogP contribution is 2.29. The molecule has 0 atom stereocenters. The van der Waals surface area contributed by atoms with E-state index < -0.39 is 0 Å². The van der Waals surface area contributed by atoms with Crippen molar-refractivity contribution in [3.8, 4) is 11.1 Å². The SMILES string of the molecule is Nc1ccccc1-c1cnn(COCC2CC2)c1. The number of rotatable bonds is 5. The standard InChI is InChI=1S/C14H17N3O/c15-14-4-2-1-3-13(14)12-7-16-17(8-12)10-18-9-11-5-6-11/h1-4,7-8,11H,5-6,9-10,15H2. The van der Waals surface area contributed by atoms with Crippen LogP contribution in [0.15, 0.2) is 36.7 Å². The molecular formula is C14H17N3O. The second kappa shape index (κ2) is 4.82. The van der Waals surface area contributed by atoms with Gasteiger partial charge in [-0.2, -0.15) is 5.10 Å². The highest BCUT2D eigenvalue weighted by Gasteiger charge is 2.21. The third-order valence-corrected chi connectivity index (χ3v) is 3.18. The minimum absolute atomic E-state index is 0.517. The molecule has 0 amide bonds. The lowest BCUT2D eigenvalue weighted by atomic mass is 10.1. The molecule has 4 nitrogen and oxygen atoms in total. The summed E-state index contributed by atoms with van der Waals surface area (Å²) in [6.07, 6.45) is 6.42. The van der Waals surface area contributed by atoms with Crippen molar-refractivity contribution in [3.05, 3.63) is 36.7 Å². The van der Waals surface area contributed by atoms with Crippen LogP contribution in [0.5, 0.6) is 0 Å². The maximum absolute atomic E-state index is 5.94. The Morgan fingerprint density at radius 1 is 1.33 bits per heavy atom. The first-order valence-corrected chi connectivity index (χ1v) is 6.28. The molecule has 0 bridgehead atoms. The molecule has 2 N–H and O–H groups in total. The van der Waals surface area contributed by atoms with Gasteiger partial charge in [0, 0.05) is 23.0 Å². The van der Waals surface area contributed by atoms with Crippen molar-refractivity contribution in [1.82, 2.24) is 9.78 Å². The summed E-state index contributed by atoms with van der Waals surface area (Å²) in [6.45, 7) is 1.37. The second-order valence-corrected chi connectivity index (χ2v) is 4.80. The molecule has 1 heterocycles. The fraction of sp³-hybridized carbons (Fsp3) is 0.357. The highest BCUT2D eigenvalue weighted by atomic mass is 16.5. The first kappa shape index (κ1) is 11.3. The minimum atomic E-state index is 0.517. The summed E-state index contributed by atoms with van der Waals surface area (Å²) in [5, 5.41) is 4.29. The molecule has 1 aliphatic rings. The molecule has 18 heavy (non-hydrogen) atoms. The lowest BCUT2D eigenvalue weighted by Gasteiger charge is -2.03. The average Bonchev–Trinajstić information content (AvgIpc) is 3.08. The van der Waals surface area contributed by atoms with E-state index in [-0.39, 0.29) is 0 Å².